The summed E-state index contributed by atoms with van der Waals surface area (Å²) >= 11 is -10.8. The van der Waals surface area contributed by atoms with Gasteiger partial charge in [-0.3, -0.25) is 0 Å². The fourth-order valence-electron chi connectivity index (χ4n) is 0.667. The third-order valence-electron chi connectivity index (χ3n) is 1.63. The molecule has 0 fully saturated rings. The Bertz CT molecular complexity index is 438. The minimum absolute atomic E-state index is 0. The van der Waals surface area contributed by atoms with Crippen LogP contribution in [0, 0.1) is 60.7 Å². The first kappa shape index (κ1) is 30.0. The van der Waals surface area contributed by atoms with E-state index in [1.54, 1.807) is 0 Å². The number of hydrogen-bond acceptors (Lipinski definition) is 12. The Morgan fingerprint density at radius 2 is 0.500 bits per heavy atom. The monoisotopic (exact) mass is 448 g/mol. The van der Waals surface area contributed by atoms with Crippen molar-refractivity contribution in [2.75, 3.05) is 0 Å². The number of nitro groups is 6. The van der Waals surface area contributed by atoms with Gasteiger partial charge in [0.15, 0.2) is 0 Å². The first-order chi connectivity index (χ1) is 8.34. The summed E-state index contributed by atoms with van der Waals surface area (Å²) in [6, 6.07) is 0. The summed E-state index contributed by atoms with van der Waals surface area (Å²) in [5.41, 5.74) is 0. The molecular weight excluding hydrogens is 448 g/mol. The third-order valence-corrected chi connectivity index (χ3v) is 9.66. The van der Waals surface area contributed by atoms with E-state index in [2.05, 4.69) is 0 Å². The number of rotatable bonds is 6. The van der Waals surface area contributed by atoms with E-state index in [0.29, 0.717) is 0 Å². The van der Waals surface area contributed by atoms with Crippen molar-refractivity contribution in [1.29, 1.82) is 0 Å². The number of nitrogens with zero attached hydrogens (tertiary/aromatic N) is 6. The van der Waals surface area contributed by atoms with Crippen molar-refractivity contribution >= 4 is 0 Å². The average molecular weight is 448 g/mol. The van der Waals surface area contributed by atoms with Crippen LogP contribution in [0.15, 0.2) is 0 Å². The molecule has 22 heteroatoms. The molecule has 0 aliphatic carbocycles. The molecule has 22 heavy (non-hydrogen) atoms. The van der Waals surface area contributed by atoms with Crippen molar-refractivity contribution in [2.45, 2.75) is 0 Å². The van der Waals surface area contributed by atoms with Crippen LogP contribution < -0.4 is 88.7 Å². The Morgan fingerprint density at radius 1 is 0.409 bits per heavy atom. The van der Waals surface area contributed by atoms with Crippen molar-refractivity contribution in [3.8, 4) is 0 Å². The van der Waals surface area contributed by atoms with Crippen molar-refractivity contribution in [3.63, 3.8) is 0 Å². The maximum Gasteiger partial charge on any atom is 1.00 e. The van der Waals surface area contributed by atoms with Gasteiger partial charge >= 0.3 is 185 Å². The second-order valence-corrected chi connectivity index (χ2v) is 10.7. The van der Waals surface area contributed by atoms with Crippen LogP contribution >= 0.6 is 0 Å². The molecule has 114 valence electrons. The van der Waals surface area contributed by atoms with E-state index in [4.69, 9.17) is 0 Å². The normalized spacial score (nSPS) is 12.5. The molecule has 0 radical (unpaired) electrons. The van der Waals surface area contributed by atoms with Gasteiger partial charge in [0, 0.05) is 0 Å². The SMILES string of the molecule is O=[N+]([O-])[Rh-3]([N+](=O)[O-])([N+](=O)[O-])([N+](=O)[O-])([N+](=O)[O-])[N+](=O)[O-].[Na+].[Na+].[Na+]. The first-order valence-electron chi connectivity index (χ1n) is 3.09. The zero-order valence-electron chi connectivity index (χ0n) is 10.9. The van der Waals surface area contributed by atoms with Gasteiger partial charge in [-0.1, -0.05) is 0 Å². The van der Waals surface area contributed by atoms with E-state index in [-0.39, 0.29) is 88.7 Å². The summed E-state index contributed by atoms with van der Waals surface area (Å²) in [6.07, 6.45) is 0. The van der Waals surface area contributed by atoms with Crippen LogP contribution in [0.25, 0.3) is 0 Å². The summed E-state index contributed by atoms with van der Waals surface area (Å²) < 4.78 is -19.4. The van der Waals surface area contributed by atoms with E-state index in [9.17, 15) is 60.7 Å². The molecule has 0 aliphatic rings. The molecule has 0 amide bonds. The topological polar surface area (TPSA) is 259 Å². The summed E-state index contributed by atoms with van der Waals surface area (Å²) in [5.74, 6) is 0. The molecule has 0 aromatic carbocycles. The molecule has 0 aromatic heterocycles. The van der Waals surface area contributed by atoms with E-state index < -0.39 is 35.9 Å². The quantitative estimate of drug-likeness (QED) is 0.208. The molecule has 0 bridgehead atoms. The molecule has 0 aliphatic heterocycles. The molecule has 0 saturated heterocycles. The van der Waals surface area contributed by atoms with Crippen molar-refractivity contribution < 1.29 is 125 Å². The molecule has 18 nitrogen and oxygen atoms in total. The summed E-state index contributed by atoms with van der Waals surface area (Å²) in [6.45, 7) is 0. The molecule has 0 aromatic rings. The second-order valence-electron chi connectivity index (χ2n) is 2.18. The molecule has 0 rings (SSSR count). The summed E-state index contributed by atoms with van der Waals surface area (Å²) in [4.78, 5) is 63.3. The zero-order chi connectivity index (χ0) is 15.9. The Kier molecular flexibility index (Phi) is 10.5. The van der Waals surface area contributed by atoms with E-state index in [1.807, 2.05) is 0 Å². The zero-order valence-corrected chi connectivity index (χ0v) is 18.6. The Morgan fingerprint density at radius 3 is 0.500 bits per heavy atom. The maximum atomic E-state index is 10.5. The van der Waals surface area contributed by atoms with Gasteiger partial charge in [0.05, 0.1) is 0 Å². The Labute approximate surface area is 183 Å². The third kappa shape index (κ3) is 2.01. The van der Waals surface area contributed by atoms with Gasteiger partial charge < -0.3 is 0 Å². The van der Waals surface area contributed by atoms with Crippen molar-refractivity contribution in [1.82, 2.24) is 0 Å². The van der Waals surface area contributed by atoms with Gasteiger partial charge in [-0.2, -0.15) is 0 Å². The van der Waals surface area contributed by atoms with Crippen LogP contribution in [0.1, 0.15) is 0 Å². The van der Waals surface area contributed by atoms with Crippen LogP contribution in [0.2, 0.25) is 0 Å². The molecule has 0 heterocycles. The number of hydrogen-bond donors (Lipinski definition) is 0. The molecule has 0 spiro atoms. The van der Waals surface area contributed by atoms with E-state index >= 15 is 0 Å². The minimum Gasteiger partial charge on any atom is 1.00 e. The molecule has 0 unspecified atom stereocenters. The maximum absolute atomic E-state index is 10.8. The van der Waals surface area contributed by atoms with Crippen molar-refractivity contribution in [2.24, 2.45) is 0 Å². The van der Waals surface area contributed by atoms with E-state index in [1.165, 1.54) is 0 Å². The molecular formula is N6Na3O12Rh. The van der Waals surface area contributed by atoms with Crippen LogP contribution in [0.4, 0.5) is 0 Å². The summed E-state index contributed by atoms with van der Waals surface area (Å²) in [5, 5.41) is 63.3. The predicted molar refractivity (Wildman–Crippen MR) is 42.0 cm³/mol. The van der Waals surface area contributed by atoms with Gasteiger partial charge in [-0.05, 0) is 0 Å². The van der Waals surface area contributed by atoms with Gasteiger partial charge in [0.1, 0.15) is 0 Å². The first-order valence-corrected chi connectivity index (χ1v) is 7.48. The van der Waals surface area contributed by atoms with Crippen LogP contribution in [-0.2, 0) is 13.9 Å². The van der Waals surface area contributed by atoms with Crippen LogP contribution in [0.3, 0.4) is 0 Å². The van der Waals surface area contributed by atoms with E-state index in [0.717, 1.165) is 0 Å². The van der Waals surface area contributed by atoms with Crippen LogP contribution in [0.5, 0.6) is 0 Å². The summed E-state index contributed by atoms with van der Waals surface area (Å²) in [7, 11) is 0. The van der Waals surface area contributed by atoms with Crippen molar-refractivity contribution in [3.05, 3.63) is 60.7 Å². The fraction of sp³-hybridized carbons (Fsp3) is 0. The minimum atomic E-state index is -10.8. The largest absolute Gasteiger partial charge is 1.00 e. The Balaban J connectivity index is -0.000000540. The van der Waals surface area contributed by atoms with Gasteiger partial charge in [-0.25, -0.2) is 0 Å². The standard InChI is InChI=1S/6NO2.3Na.Rh/c6*2-1-3;;;;/q;;;;;;3*+1;-3. The molecule has 0 saturated carbocycles. The fourth-order valence-corrected chi connectivity index (χ4v) is 3.94. The van der Waals surface area contributed by atoms with Gasteiger partial charge in [0.2, 0.25) is 0 Å². The van der Waals surface area contributed by atoms with Crippen LogP contribution in [-0.4, -0.2) is 22.0 Å². The second kappa shape index (κ2) is 7.73. The van der Waals surface area contributed by atoms with Gasteiger partial charge in [-0.15, -0.1) is 0 Å². The Hall–Kier alpha value is 0.0234. The van der Waals surface area contributed by atoms with Gasteiger partial charge in [0.25, 0.3) is 0 Å². The molecule has 0 atom stereocenters. The predicted octanol–water partition coefficient (Wildman–Crippen LogP) is -10.6. The molecule has 0 N–H and O–H groups in total. The average Bonchev–Trinajstić information content (AvgIpc) is 2.15. The smallest absolute Gasteiger partial charge is 1.00 e.